The number of carbonyl (C=O) groups is 2. The summed E-state index contributed by atoms with van der Waals surface area (Å²) >= 11 is 0. The first-order valence-corrected chi connectivity index (χ1v) is 7.87. The van der Waals surface area contributed by atoms with E-state index in [4.69, 9.17) is 0 Å². The van der Waals surface area contributed by atoms with Crippen molar-refractivity contribution in [3.05, 3.63) is 0 Å². The molecule has 0 bridgehead atoms. The van der Waals surface area contributed by atoms with E-state index in [2.05, 4.69) is 18.9 Å². The van der Waals surface area contributed by atoms with Crippen molar-refractivity contribution >= 4 is 12.0 Å². The summed E-state index contributed by atoms with van der Waals surface area (Å²) in [6, 6.07) is 0.181. The lowest BCUT2D eigenvalue weighted by Crippen LogP contribution is -2.49. The van der Waals surface area contributed by atoms with Gasteiger partial charge in [-0.25, -0.2) is 4.79 Å². The summed E-state index contributed by atoms with van der Waals surface area (Å²) in [5.74, 6) is -0.774. The minimum atomic E-state index is -0.774. The maximum Gasteiger partial charge on any atom is 0.320 e. The Labute approximate surface area is 126 Å². The summed E-state index contributed by atoms with van der Waals surface area (Å²) in [6.07, 6.45) is 2.11. The Balaban J connectivity index is 2.05. The molecule has 0 aromatic heterocycles. The molecule has 1 N–H and O–H groups in total. The van der Waals surface area contributed by atoms with Gasteiger partial charge in [0.1, 0.15) is 0 Å². The number of aliphatic carboxylic acids is 1. The van der Waals surface area contributed by atoms with Crippen molar-refractivity contribution < 1.29 is 14.7 Å². The molecule has 0 aliphatic carbocycles. The SMILES string of the molecule is CCC1(C(=O)O)CCN(C(=O)N2CCCN(C)CC2C)C1. The van der Waals surface area contributed by atoms with Gasteiger partial charge in [-0.3, -0.25) is 4.79 Å². The van der Waals surface area contributed by atoms with Crippen molar-refractivity contribution in [1.82, 2.24) is 14.7 Å². The highest BCUT2D eigenvalue weighted by Crippen LogP contribution is 2.34. The molecule has 6 nitrogen and oxygen atoms in total. The molecule has 0 aromatic carbocycles. The third-order valence-electron chi connectivity index (χ3n) is 5.05. The molecule has 2 saturated heterocycles. The molecule has 2 heterocycles. The van der Waals surface area contributed by atoms with Crippen molar-refractivity contribution in [2.45, 2.75) is 39.2 Å². The largest absolute Gasteiger partial charge is 0.481 e. The monoisotopic (exact) mass is 297 g/mol. The van der Waals surface area contributed by atoms with E-state index < -0.39 is 11.4 Å². The average molecular weight is 297 g/mol. The topological polar surface area (TPSA) is 64.1 Å². The van der Waals surface area contributed by atoms with E-state index in [0.29, 0.717) is 25.9 Å². The van der Waals surface area contributed by atoms with Gasteiger partial charge in [0.15, 0.2) is 0 Å². The molecule has 0 radical (unpaired) electrons. The summed E-state index contributed by atoms with van der Waals surface area (Å²) in [7, 11) is 2.08. The number of rotatable bonds is 2. The lowest BCUT2D eigenvalue weighted by atomic mass is 9.84. The van der Waals surface area contributed by atoms with Gasteiger partial charge in [-0.05, 0) is 39.8 Å². The number of likely N-dealkylation sites (N-methyl/N-ethyl adjacent to an activating group) is 1. The fourth-order valence-corrected chi connectivity index (χ4v) is 3.49. The number of amides is 2. The van der Waals surface area contributed by atoms with Crippen LogP contribution in [0.25, 0.3) is 0 Å². The highest BCUT2D eigenvalue weighted by molar-refractivity contribution is 5.80. The molecule has 0 aromatic rings. The molecule has 2 rings (SSSR count). The van der Waals surface area contributed by atoms with Crippen LogP contribution in [0.4, 0.5) is 4.79 Å². The Morgan fingerprint density at radius 1 is 1.29 bits per heavy atom. The Morgan fingerprint density at radius 2 is 2.00 bits per heavy atom. The zero-order valence-electron chi connectivity index (χ0n) is 13.3. The van der Waals surface area contributed by atoms with Crippen LogP contribution in [-0.4, -0.2) is 77.6 Å². The first-order chi connectivity index (χ1) is 9.89. The van der Waals surface area contributed by atoms with Crippen LogP contribution in [0.5, 0.6) is 0 Å². The van der Waals surface area contributed by atoms with Gasteiger partial charge in [-0.15, -0.1) is 0 Å². The molecule has 2 aliphatic rings. The van der Waals surface area contributed by atoms with Gasteiger partial charge in [-0.1, -0.05) is 6.92 Å². The van der Waals surface area contributed by atoms with E-state index in [-0.39, 0.29) is 12.1 Å². The molecular formula is C15H27N3O3. The van der Waals surface area contributed by atoms with E-state index in [1.165, 1.54) is 0 Å². The molecule has 21 heavy (non-hydrogen) atoms. The van der Waals surface area contributed by atoms with Gasteiger partial charge in [0.2, 0.25) is 0 Å². The van der Waals surface area contributed by atoms with Crippen molar-refractivity contribution in [2.75, 3.05) is 39.8 Å². The average Bonchev–Trinajstić information content (AvgIpc) is 2.81. The van der Waals surface area contributed by atoms with E-state index in [0.717, 1.165) is 26.1 Å². The first-order valence-electron chi connectivity index (χ1n) is 7.87. The zero-order valence-corrected chi connectivity index (χ0v) is 13.3. The Bertz CT molecular complexity index is 415. The summed E-state index contributed by atoms with van der Waals surface area (Å²) < 4.78 is 0. The number of likely N-dealkylation sites (tertiary alicyclic amines) is 1. The molecule has 0 saturated carbocycles. The standard InChI is InChI=1S/C15H27N3O3/c1-4-15(13(19)20)6-9-17(11-15)14(21)18-8-5-7-16(3)10-12(18)2/h12H,4-11H2,1-3H3,(H,19,20). The predicted molar refractivity (Wildman–Crippen MR) is 80.2 cm³/mol. The maximum atomic E-state index is 12.7. The molecule has 2 fully saturated rings. The van der Waals surface area contributed by atoms with Crippen LogP contribution < -0.4 is 0 Å². The smallest absolute Gasteiger partial charge is 0.320 e. The van der Waals surface area contributed by atoms with Crippen LogP contribution >= 0.6 is 0 Å². The van der Waals surface area contributed by atoms with Gasteiger partial charge in [0.25, 0.3) is 0 Å². The van der Waals surface area contributed by atoms with Gasteiger partial charge >= 0.3 is 12.0 Å². The van der Waals surface area contributed by atoms with Crippen LogP contribution in [0.15, 0.2) is 0 Å². The van der Waals surface area contributed by atoms with Gasteiger partial charge < -0.3 is 19.8 Å². The number of hydrogen-bond donors (Lipinski definition) is 1. The number of hydrogen-bond acceptors (Lipinski definition) is 3. The number of carbonyl (C=O) groups excluding carboxylic acids is 1. The fraction of sp³-hybridized carbons (Fsp3) is 0.867. The maximum absolute atomic E-state index is 12.7. The van der Waals surface area contributed by atoms with E-state index in [9.17, 15) is 14.7 Å². The van der Waals surface area contributed by atoms with Crippen LogP contribution in [0, 0.1) is 5.41 Å². The molecular weight excluding hydrogens is 270 g/mol. The predicted octanol–water partition coefficient (Wildman–Crippen LogP) is 1.32. The third-order valence-corrected chi connectivity index (χ3v) is 5.05. The molecule has 2 unspecified atom stereocenters. The number of nitrogens with zero attached hydrogens (tertiary/aromatic N) is 3. The number of urea groups is 1. The van der Waals surface area contributed by atoms with E-state index in [1.54, 1.807) is 4.90 Å². The highest BCUT2D eigenvalue weighted by atomic mass is 16.4. The normalized spacial score (nSPS) is 31.3. The lowest BCUT2D eigenvalue weighted by Gasteiger charge is -2.32. The molecule has 2 aliphatic heterocycles. The summed E-state index contributed by atoms with van der Waals surface area (Å²) in [4.78, 5) is 30.1. The Kier molecular flexibility index (Phi) is 4.76. The van der Waals surface area contributed by atoms with E-state index >= 15 is 0 Å². The van der Waals surface area contributed by atoms with Crippen LogP contribution in [-0.2, 0) is 4.79 Å². The van der Waals surface area contributed by atoms with Crippen LogP contribution in [0.1, 0.15) is 33.1 Å². The van der Waals surface area contributed by atoms with Crippen molar-refractivity contribution in [1.29, 1.82) is 0 Å². The summed E-state index contributed by atoms with van der Waals surface area (Å²) in [5, 5.41) is 9.45. The summed E-state index contributed by atoms with van der Waals surface area (Å²) in [5.41, 5.74) is -0.748. The minimum absolute atomic E-state index is 0.00868. The lowest BCUT2D eigenvalue weighted by molar-refractivity contribution is -0.148. The van der Waals surface area contributed by atoms with E-state index in [1.807, 2.05) is 11.8 Å². The molecule has 2 atom stereocenters. The molecule has 2 amide bonds. The zero-order chi connectivity index (χ0) is 15.6. The van der Waals surface area contributed by atoms with Gasteiger partial charge in [0.05, 0.1) is 5.41 Å². The van der Waals surface area contributed by atoms with Crippen molar-refractivity contribution in [3.8, 4) is 0 Å². The van der Waals surface area contributed by atoms with Crippen LogP contribution in [0.2, 0.25) is 0 Å². The molecule has 120 valence electrons. The summed E-state index contributed by atoms with van der Waals surface area (Å²) in [6.45, 7) is 7.49. The Morgan fingerprint density at radius 3 is 2.57 bits per heavy atom. The van der Waals surface area contributed by atoms with Crippen molar-refractivity contribution in [2.24, 2.45) is 5.41 Å². The minimum Gasteiger partial charge on any atom is -0.481 e. The first kappa shape index (κ1) is 16.1. The quantitative estimate of drug-likeness (QED) is 0.835. The van der Waals surface area contributed by atoms with Crippen molar-refractivity contribution in [3.63, 3.8) is 0 Å². The number of carboxylic acids is 1. The molecule has 6 heteroatoms. The second-order valence-corrected chi connectivity index (χ2v) is 6.55. The fourth-order valence-electron chi connectivity index (χ4n) is 3.49. The van der Waals surface area contributed by atoms with Crippen LogP contribution in [0.3, 0.4) is 0 Å². The Hall–Kier alpha value is -1.30. The second kappa shape index (κ2) is 6.22. The van der Waals surface area contributed by atoms with Gasteiger partial charge in [0, 0.05) is 32.2 Å². The highest BCUT2D eigenvalue weighted by Gasteiger charge is 2.45. The second-order valence-electron chi connectivity index (χ2n) is 6.55. The van der Waals surface area contributed by atoms with Gasteiger partial charge in [-0.2, -0.15) is 0 Å². The third kappa shape index (κ3) is 3.15. The molecule has 0 spiro atoms. The number of carboxylic acid groups (broad SMARTS) is 1.